The number of carbonyl (C=O) groups excluding carboxylic acids is 1. The summed E-state index contributed by atoms with van der Waals surface area (Å²) in [7, 11) is 1.63. The molecule has 0 aliphatic heterocycles. The molecule has 4 bridgehead atoms. The number of amides is 2. The first-order valence-corrected chi connectivity index (χ1v) is 8.97. The lowest BCUT2D eigenvalue weighted by molar-refractivity contribution is -0.0137. The molecular weight excluding hydrogens is 304 g/mol. The number of hydrogen-bond acceptors (Lipinski definition) is 3. The largest absolute Gasteiger partial charge is 0.497 e. The number of benzene rings is 1. The Morgan fingerprint density at radius 1 is 1.04 bits per heavy atom. The fourth-order valence-electron chi connectivity index (χ4n) is 5.41. The molecule has 0 radical (unpaired) electrons. The van der Waals surface area contributed by atoms with Gasteiger partial charge in [-0.15, -0.1) is 0 Å². The lowest BCUT2D eigenvalue weighted by atomic mass is 9.53. The van der Waals surface area contributed by atoms with Gasteiger partial charge < -0.3 is 20.1 Å². The first-order valence-electron chi connectivity index (χ1n) is 8.97. The van der Waals surface area contributed by atoms with Gasteiger partial charge in [0, 0.05) is 5.54 Å². The molecule has 0 saturated heterocycles. The lowest BCUT2D eigenvalue weighted by Gasteiger charge is -2.56. The van der Waals surface area contributed by atoms with Gasteiger partial charge in [-0.1, -0.05) is 0 Å². The molecule has 130 valence electrons. The van der Waals surface area contributed by atoms with Crippen LogP contribution >= 0.6 is 0 Å². The third-order valence-electron chi connectivity index (χ3n) is 5.95. The van der Waals surface area contributed by atoms with E-state index in [4.69, 9.17) is 9.47 Å². The highest BCUT2D eigenvalue weighted by Crippen LogP contribution is 2.55. The quantitative estimate of drug-likeness (QED) is 0.815. The summed E-state index contributed by atoms with van der Waals surface area (Å²) in [6.07, 6.45) is 7.61. The number of rotatable bonds is 5. The van der Waals surface area contributed by atoms with E-state index in [0.29, 0.717) is 5.75 Å². The van der Waals surface area contributed by atoms with E-state index >= 15 is 0 Å². The van der Waals surface area contributed by atoms with Crippen LogP contribution in [0.1, 0.15) is 38.5 Å². The van der Waals surface area contributed by atoms with Crippen molar-refractivity contribution in [3.05, 3.63) is 24.3 Å². The van der Waals surface area contributed by atoms with E-state index in [1.165, 1.54) is 19.3 Å². The van der Waals surface area contributed by atoms with Crippen LogP contribution in [0.15, 0.2) is 24.3 Å². The van der Waals surface area contributed by atoms with Gasteiger partial charge in [-0.3, -0.25) is 0 Å². The molecule has 0 spiro atoms. The number of hydrogen-bond donors (Lipinski definition) is 2. The molecule has 0 aromatic heterocycles. The van der Waals surface area contributed by atoms with Crippen LogP contribution in [0.5, 0.6) is 11.5 Å². The van der Waals surface area contributed by atoms with Crippen molar-refractivity contribution in [2.24, 2.45) is 17.8 Å². The summed E-state index contributed by atoms with van der Waals surface area (Å²) in [5.74, 6) is 3.98. The van der Waals surface area contributed by atoms with E-state index in [2.05, 4.69) is 10.6 Å². The maximum Gasteiger partial charge on any atom is 0.317 e. The Balaban J connectivity index is 1.26. The van der Waals surface area contributed by atoms with Gasteiger partial charge in [-0.25, -0.2) is 4.79 Å². The van der Waals surface area contributed by atoms with Crippen LogP contribution in [-0.4, -0.2) is 25.4 Å². The Morgan fingerprint density at radius 3 is 2.12 bits per heavy atom. The molecule has 1 aromatic carbocycles. The molecule has 4 saturated carbocycles. The topological polar surface area (TPSA) is 59.6 Å². The maximum absolute atomic E-state index is 12.3. The molecule has 4 fully saturated rings. The Morgan fingerprint density at radius 2 is 1.58 bits per heavy atom. The summed E-state index contributed by atoms with van der Waals surface area (Å²) in [4.78, 5) is 12.3. The second-order valence-corrected chi connectivity index (χ2v) is 7.79. The lowest BCUT2D eigenvalue weighted by Crippen LogP contribution is -2.61. The number of ether oxygens (including phenoxy) is 2. The number of nitrogens with one attached hydrogen (secondary N) is 2. The number of urea groups is 1. The molecule has 24 heavy (non-hydrogen) atoms. The van der Waals surface area contributed by atoms with Gasteiger partial charge >= 0.3 is 6.03 Å². The Kier molecular flexibility index (Phi) is 4.02. The minimum absolute atomic E-state index is 0.0406. The minimum Gasteiger partial charge on any atom is -0.497 e. The Bertz CT molecular complexity index is 564. The van der Waals surface area contributed by atoms with Crippen molar-refractivity contribution in [3.8, 4) is 11.5 Å². The highest BCUT2D eigenvalue weighted by Gasteiger charge is 2.51. The van der Waals surface area contributed by atoms with Crippen LogP contribution in [-0.2, 0) is 0 Å². The molecule has 1 aromatic rings. The van der Waals surface area contributed by atoms with E-state index in [1.54, 1.807) is 7.11 Å². The third kappa shape index (κ3) is 3.17. The zero-order valence-corrected chi connectivity index (χ0v) is 14.2. The molecule has 0 unspecified atom stereocenters. The molecule has 2 N–H and O–H groups in total. The third-order valence-corrected chi connectivity index (χ3v) is 5.95. The van der Waals surface area contributed by atoms with Crippen molar-refractivity contribution < 1.29 is 14.3 Å². The second-order valence-electron chi connectivity index (χ2n) is 7.79. The summed E-state index contributed by atoms with van der Waals surface area (Å²) in [6, 6.07) is 7.23. The summed E-state index contributed by atoms with van der Waals surface area (Å²) in [5, 5.41) is 6.11. The predicted octanol–water partition coefficient (Wildman–Crippen LogP) is 3.30. The van der Waals surface area contributed by atoms with E-state index in [1.807, 2.05) is 24.3 Å². The average molecular weight is 330 g/mol. The van der Waals surface area contributed by atoms with Crippen LogP contribution in [0.25, 0.3) is 0 Å². The van der Waals surface area contributed by atoms with Crippen LogP contribution in [0, 0.1) is 17.8 Å². The summed E-state index contributed by atoms with van der Waals surface area (Å²) < 4.78 is 10.7. The Labute approximate surface area is 143 Å². The van der Waals surface area contributed by atoms with Gasteiger partial charge in [-0.05, 0) is 80.5 Å². The molecule has 4 aliphatic rings. The molecule has 5 heteroatoms. The molecule has 0 heterocycles. The van der Waals surface area contributed by atoms with Crippen LogP contribution < -0.4 is 20.1 Å². The SMILES string of the molecule is COc1ccc(OCNC(=O)NC23CC4CC(CC(C4)C2)C3)cc1. The molecule has 2 amide bonds. The fourth-order valence-corrected chi connectivity index (χ4v) is 5.41. The van der Waals surface area contributed by atoms with Gasteiger partial charge in [0.05, 0.1) is 7.11 Å². The number of methoxy groups -OCH3 is 1. The molecule has 5 rings (SSSR count). The van der Waals surface area contributed by atoms with Gasteiger partial charge in [0.2, 0.25) is 0 Å². The van der Waals surface area contributed by atoms with Crippen molar-refractivity contribution >= 4 is 6.03 Å². The highest BCUT2D eigenvalue weighted by atomic mass is 16.5. The summed E-state index contributed by atoms with van der Waals surface area (Å²) in [5.41, 5.74) is 0.0406. The van der Waals surface area contributed by atoms with Gasteiger partial charge in [-0.2, -0.15) is 0 Å². The smallest absolute Gasteiger partial charge is 0.317 e. The molecule has 5 nitrogen and oxygen atoms in total. The van der Waals surface area contributed by atoms with Crippen molar-refractivity contribution in [2.45, 2.75) is 44.1 Å². The van der Waals surface area contributed by atoms with Gasteiger partial charge in [0.1, 0.15) is 11.5 Å². The van der Waals surface area contributed by atoms with Gasteiger partial charge in [0.15, 0.2) is 6.73 Å². The monoisotopic (exact) mass is 330 g/mol. The van der Waals surface area contributed by atoms with Crippen molar-refractivity contribution in [1.82, 2.24) is 10.6 Å². The highest BCUT2D eigenvalue weighted by molar-refractivity contribution is 5.74. The maximum atomic E-state index is 12.3. The van der Waals surface area contributed by atoms with Crippen molar-refractivity contribution in [1.29, 1.82) is 0 Å². The van der Waals surface area contributed by atoms with E-state index in [0.717, 1.165) is 42.8 Å². The molecule has 4 aliphatic carbocycles. The van der Waals surface area contributed by atoms with Crippen molar-refractivity contribution in [2.75, 3.05) is 13.8 Å². The second kappa shape index (κ2) is 6.19. The van der Waals surface area contributed by atoms with E-state index in [9.17, 15) is 4.79 Å². The molecular formula is C19H26N2O3. The van der Waals surface area contributed by atoms with Crippen LogP contribution in [0.3, 0.4) is 0 Å². The zero-order valence-electron chi connectivity index (χ0n) is 14.2. The normalized spacial score (nSPS) is 33.1. The zero-order chi connectivity index (χ0) is 16.6. The first-order chi connectivity index (χ1) is 11.6. The van der Waals surface area contributed by atoms with Crippen LogP contribution in [0.2, 0.25) is 0 Å². The minimum atomic E-state index is -0.106. The molecule has 0 atom stereocenters. The van der Waals surface area contributed by atoms with Crippen LogP contribution in [0.4, 0.5) is 4.79 Å². The van der Waals surface area contributed by atoms with Gasteiger partial charge in [0.25, 0.3) is 0 Å². The standard InChI is InChI=1S/C19H26N2O3/c1-23-16-2-4-17(5-3-16)24-12-20-18(22)21-19-9-13-6-14(10-19)8-15(7-13)11-19/h2-5,13-15H,6-12H2,1H3,(H2,20,21,22). The predicted molar refractivity (Wildman–Crippen MR) is 91.1 cm³/mol. The van der Waals surface area contributed by atoms with E-state index < -0.39 is 0 Å². The van der Waals surface area contributed by atoms with Crippen molar-refractivity contribution in [3.63, 3.8) is 0 Å². The average Bonchev–Trinajstić information content (AvgIpc) is 2.53. The summed E-state index contributed by atoms with van der Waals surface area (Å²) >= 11 is 0. The number of carbonyl (C=O) groups is 1. The fraction of sp³-hybridized carbons (Fsp3) is 0.632. The summed E-state index contributed by atoms with van der Waals surface area (Å²) in [6.45, 7) is 0.171. The Hall–Kier alpha value is -1.91. The first kappa shape index (κ1) is 15.6. The van der Waals surface area contributed by atoms with E-state index in [-0.39, 0.29) is 18.3 Å².